The number of ether oxygens (including phenoxy) is 2. The van der Waals surface area contributed by atoms with E-state index in [1.807, 2.05) is 7.05 Å². The molecule has 1 atom stereocenters. The van der Waals surface area contributed by atoms with Crippen molar-refractivity contribution in [3.05, 3.63) is 35.6 Å². The number of hydrogen-bond acceptors (Lipinski definition) is 3. The van der Waals surface area contributed by atoms with Crippen LogP contribution in [0.5, 0.6) is 0 Å². The molecule has 1 rings (SSSR count). The van der Waals surface area contributed by atoms with Gasteiger partial charge >= 0.3 is 0 Å². The highest BCUT2D eigenvalue weighted by molar-refractivity contribution is 5.19. The van der Waals surface area contributed by atoms with E-state index < -0.39 is 0 Å². The van der Waals surface area contributed by atoms with Gasteiger partial charge in [0.25, 0.3) is 0 Å². The van der Waals surface area contributed by atoms with Gasteiger partial charge in [0.1, 0.15) is 5.82 Å². The summed E-state index contributed by atoms with van der Waals surface area (Å²) < 4.78 is 23.5. The largest absolute Gasteiger partial charge is 0.385 e. The molecule has 0 bridgehead atoms. The topological polar surface area (TPSA) is 30.5 Å². The van der Waals surface area contributed by atoms with Crippen LogP contribution in [0.2, 0.25) is 0 Å². The summed E-state index contributed by atoms with van der Waals surface area (Å²) in [5.74, 6) is -0.226. The van der Waals surface area contributed by atoms with Crippen LogP contribution in [-0.2, 0) is 9.47 Å². The average molecular weight is 241 g/mol. The van der Waals surface area contributed by atoms with Gasteiger partial charge in [-0.1, -0.05) is 12.1 Å². The SMILES string of the molecule is CNCC(OCCCOC)c1ccc(F)cc1. The van der Waals surface area contributed by atoms with Crippen LogP contribution in [0, 0.1) is 5.82 Å². The van der Waals surface area contributed by atoms with Crippen molar-refractivity contribution in [1.82, 2.24) is 5.32 Å². The Morgan fingerprint density at radius 1 is 1.24 bits per heavy atom. The molecule has 1 aromatic carbocycles. The molecule has 4 heteroatoms. The minimum absolute atomic E-state index is 0.0440. The molecule has 0 aromatic heterocycles. The van der Waals surface area contributed by atoms with E-state index in [4.69, 9.17) is 9.47 Å². The standard InChI is InChI=1S/C13H20FNO2/c1-15-10-13(17-9-3-8-16-2)11-4-6-12(14)7-5-11/h4-7,13,15H,3,8-10H2,1-2H3. The Balaban J connectivity index is 2.49. The van der Waals surface area contributed by atoms with Crippen molar-refractivity contribution in [3.63, 3.8) is 0 Å². The fraction of sp³-hybridized carbons (Fsp3) is 0.538. The molecule has 3 nitrogen and oxygen atoms in total. The Morgan fingerprint density at radius 3 is 2.53 bits per heavy atom. The van der Waals surface area contributed by atoms with Crippen LogP contribution in [0.15, 0.2) is 24.3 Å². The molecule has 0 saturated heterocycles. The first-order valence-electron chi connectivity index (χ1n) is 5.78. The third-order valence-electron chi connectivity index (χ3n) is 2.44. The predicted molar refractivity (Wildman–Crippen MR) is 65.5 cm³/mol. The van der Waals surface area contributed by atoms with E-state index in [1.54, 1.807) is 19.2 Å². The van der Waals surface area contributed by atoms with Crippen molar-refractivity contribution in [1.29, 1.82) is 0 Å². The van der Waals surface area contributed by atoms with Gasteiger partial charge in [0, 0.05) is 26.9 Å². The number of methoxy groups -OCH3 is 1. The van der Waals surface area contributed by atoms with Crippen LogP contribution in [-0.4, -0.2) is 33.9 Å². The first-order valence-corrected chi connectivity index (χ1v) is 5.78. The smallest absolute Gasteiger partial charge is 0.123 e. The Labute approximate surface area is 102 Å². The molecule has 1 aromatic rings. The molecule has 0 aliphatic rings. The van der Waals surface area contributed by atoms with Crippen LogP contribution in [0.25, 0.3) is 0 Å². The Bertz CT molecular complexity index is 303. The van der Waals surface area contributed by atoms with Crippen LogP contribution in [0.1, 0.15) is 18.1 Å². The molecule has 0 spiro atoms. The summed E-state index contributed by atoms with van der Waals surface area (Å²) in [7, 11) is 3.54. The number of nitrogens with one attached hydrogen (secondary N) is 1. The molecule has 0 saturated carbocycles. The molecule has 0 radical (unpaired) electrons. The van der Waals surface area contributed by atoms with Gasteiger partial charge in [-0.05, 0) is 31.2 Å². The maximum absolute atomic E-state index is 12.8. The summed E-state index contributed by atoms with van der Waals surface area (Å²) in [6.45, 7) is 2.03. The van der Waals surface area contributed by atoms with E-state index in [0.717, 1.165) is 12.0 Å². The lowest BCUT2D eigenvalue weighted by atomic mass is 10.1. The molecular weight excluding hydrogens is 221 g/mol. The van der Waals surface area contributed by atoms with Crippen LogP contribution >= 0.6 is 0 Å². The van der Waals surface area contributed by atoms with Gasteiger partial charge in [-0.15, -0.1) is 0 Å². The molecular formula is C13H20FNO2. The normalized spacial score (nSPS) is 12.6. The van der Waals surface area contributed by atoms with Gasteiger partial charge < -0.3 is 14.8 Å². The molecule has 17 heavy (non-hydrogen) atoms. The summed E-state index contributed by atoms with van der Waals surface area (Å²) in [4.78, 5) is 0. The fourth-order valence-corrected chi connectivity index (χ4v) is 1.56. The van der Waals surface area contributed by atoms with E-state index in [1.165, 1.54) is 12.1 Å². The number of halogens is 1. The third kappa shape index (κ3) is 5.26. The van der Waals surface area contributed by atoms with Gasteiger partial charge in [-0.2, -0.15) is 0 Å². The zero-order chi connectivity index (χ0) is 12.5. The maximum Gasteiger partial charge on any atom is 0.123 e. The first kappa shape index (κ1) is 14.1. The van der Waals surface area contributed by atoms with Crippen molar-refractivity contribution >= 4 is 0 Å². The second kappa shape index (κ2) is 8.17. The third-order valence-corrected chi connectivity index (χ3v) is 2.44. The van der Waals surface area contributed by atoms with E-state index in [-0.39, 0.29) is 11.9 Å². The number of rotatable bonds is 8. The predicted octanol–water partition coefficient (Wildman–Crippen LogP) is 2.14. The number of hydrogen-bond donors (Lipinski definition) is 1. The first-order chi connectivity index (χ1) is 8.27. The van der Waals surface area contributed by atoms with Crippen molar-refractivity contribution < 1.29 is 13.9 Å². The second-order valence-electron chi connectivity index (χ2n) is 3.82. The van der Waals surface area contributed by atoms with Crippen LogP contribution < -0.4 is 5.32 Å². The summed E-state index contributed by atoms with van der Waals surface area (Å²) in [6, 6.07) is 6.42. The molecule has 96 valence electrons. The second-order valence-corrected chi connectivity index (χ2v) is 3.82. The lowest BCUT2D eigenvalue weighted by Gasteiger charge is -2.18. The average Bonchev–Trinajstić information content (AvgIpc) is 2.34. The maximum atomic E-state index is 12.8. The van der Waals surface area contributed by atoms with Gasteiger partial charge in [-0.25, -0.2) is 4.39 Å². The van der Waals surface area contributed by atoms with Gasteiger partial charge in [0.15, 0.2) is 0 Å². The molecule has 0 amide bonds. The van der Waals surface area contributed by atoms with Crippen molar-refractivity contribution in [2.75, 3.05) is 33.9 Å². The summed E-state index contributed by atoms with van der Waals surface area (Å²) in [5.41, 5.74) is 0.984. The zero-order valence-electron chi connectivity index (χ0n) is 10.4. The molecule has 0 heterocycles. The fourth-order valence-electron chi connectivity index (χ4n) is 1.56. The van der Waals surface area contributed by atoms with Crippen molar-refractivity contribution in [2.45, 2.75) is 12.5 Å². The number of likely N-dealkylation sites (N-methyl/N-ethyl adjacent to an activating group) is 1. The van der Waals surface area contributed by atoms with Gasteiger partial charge in [0.05, 0.1) is 6.10 Å². The Morgan fingerprint density at radius 2 is 1.94 bits per heavy atom. The minimum Gasteiger partial charge on any atom is -0.385 e. The molecule has 0 aliphatic heterocycles. The summed E-state index contributed by atoms with van der Waals surface area (Å²) in [5, 5.41) is 3.07. The molecule has 1 N–H and O–H groups in total. The summed E-state index contributed by atoms with van der Waals surface area (Å²) in [6.07, 6.45) is 0.815. The summed E-state index contributed by atoms with van der Waals surface area (Å²) >= 11 is 0. The highest BCUT2D eigenvalue weighted by Crippen LogP contribution is 2.17. The van der Waals surface area contributed by atoms with Crippen LogP contribution in [0.4, 0.5) is 4.39 Å². The monoisotopic (exact) mass is 241 g/mol. The van der Waals surface area contributed by atoms with Gasteiger partial charge in [-0.3, -0.25) is 0 Å². The Kier molecular flexibility index (Phi) is 6.77. The van der Waals surface area contributed by atoms with E-state index in [0.29, 0.717) is 19.8 Å². The minimum atomic E-state index is -0.226. The lowest BCUT2D eigenvalue weighted by molar-refractivity contribution is 0.0399. The highest BCUT2D eigenvalue weighted by atomic mass is 19.1. The molecule has 0 aliphatic carbocycles. The molecule has 0 fully saturated rings. The van der Waals surface area contributed by atoms with Crippen molar-refractivity contribution in [2.24, 2.45) is 0 Å². The highest BCUT2D eigenvalue weighted by Gasteiger charge is 2.10. The number of benzene rings is 1. The van der Waals surface area contributed by atoms with Crippen molar-refractivity contribution in [3.8, 4) is 0 Å². The van der Waals surface area contributed by atoms with E-state index in [9.17, 15) is 4.39 Å². The van der Waals surface area contributed by atoms with Crippen LogP contribution in [0.3, 0.4) is 0 Å². The lowest BCUT2D eigenvalue weighted by Crippen LogP contribution is -2.20. The molecule has 1 unspecified atom stereocenters. The quantitative estimate of drug-likeness (QED) is 0.707. The van der Waals surface area contributed by atoms with E-state index >= 15 is 0 Å². The van der Waals surface area contributed by atoms with Gasteiger partial charge in [0.2, 0.25) is 0 Å². The van der Waals surface area contributed by atoms with E-state index in [2.05, 4.69) is 5.32 Å². The Hall–Kier alpha value is -0.970. The zero-order valence-corrected chi connectivity index (χ0v) is 10.4.